The Balaban J connectivity index is 1.77. The van der Waals surface area contributed by atoms with Crippen LogP contribution in [0.2, 0.25) is 0 Å². The van der Waals surface area contributed by atoms with Gasteiger partial charge in [0.1, 0.15) is 0 Å². The second-order valence-electron chi connectivity index (χ2n) is 5.21. The molecule has 0 unspecified atom stereocenters. The molecule has 0 radical (unpaired) electrons. The molecule has 108 valence electrons. The number of rotatable bonds is 4. The predicted octanol–water partition coefficient (Wildman–Crippen LogP) is 2.73. The van der Waals surface area contributed by atoms with E-state index in [-0.39, 0.29) is 17.6 Å². The minimum absolute atomic E-state index is 0.106. The number of aryl methyl sites for hydroxylation is 1. The van der Waals surface area contributed by atoms with Crippen LogP contribution in [0.4, 0.5) is 5.69 Å². The van der Waals surface area contributed by atoms with E-state index in [4.69, 9.17) is 4.42 Å². The lowest BCUT2D eigenvalue weighted by Gasteiger charge is -2.10. The maximum absolute atomic E-state index is 12.0. The number of anilines is 1. The van der Waals surface area contributed by atoms with Gasteiger partial charge in [0, 0.05) is 17.3 Å². The smallest absolute Gasteiger partial charge is 0.291 e. The van der Waals surface area contributed by atoms with Gasteiger partial charge in [-0.3, -0.25) is 9.59 Å². The number of carbonyl (C=O) groups is 2. The molecule has 0 spiro atoms. The minimum atomic E-state index is -0.331. The molecule has 5 heteroatoms. The van der Waals surface area contributed by atoms with Crippen molar-refractivity contribution in [2.45, 2.75) is 25.8 Å². The lowest BCUT2D eigenvalue weighted by Crippen LogP contribution is -2.25. The summed E-state index contributed by atoms with van der Waals surface area (Å²) in [6, 6.07) is 8.82. The number of amides is 2. The molecule has 2 amide bonds. The van der Waals surface area contributed by atoms with Gasteiger partial charge in [0.25, 0.3) is 11.8 Å². The van der Waals surface area contributed by atoms with Crippen LogP contribution < -0.4 is 10.6 Å². The van der Waals surface area contributed by atoms with Gasteiger partial charge in [-0.05, 0) is 49.6 Å². The zero-order valence-corrected chi connectivity index (χ0v) is 11.7. The second kappa shape index (κ2) is 5.44. The molecule has 5 nitrogen and oxygen atoms in total. The van der Waals surface area contributed by atoms with E-state index < -0.39 is 0 Å². The molecular weight excluding hydrogens is 268 g/mol. The molecular formula is C16H16N2O3. The normalized spacial score (nSPS) is 13.8. The first-order valence-corrected chi connectivity index (χ1v) is 6.90. The summed E-state index contributed by atoms with van der Waals surface area (Å²) in [5, 5.41) is 5.69. The highest BCUT2D eigenvalue weighted by Gasteiger charge is 2.24. The van der Waals surface area contributed by atoms with Crippen molar-refractivity contribution in [3.8, 4) is 0 Å². The Bertz CT molecular complexity index is 673. The topological polar surface area (TPSA) is 71.3 Å². The van der Waals surface area contributed by atoms with Gasteiger partial charge in [-0.25, -0.2) is 0 Å². The van der Waals surface area contributed by atoms with Gasteiger partial charge in [0.05, 0.1) is 6.26 Å². The average molecular weight is 284 g/mol. The second-order valence-corrected chi connectivity index (χ2v) is 5.21. The van der Waals surface area contributed by atoms with Crippen LogP contribution in [0, 0.1) is 6.92 Å². The molecule has 21 heavy (non-hydrogen) atoms. The zero-order chi connectivity index (χ0) is 14.8. The number of benzene rings is 1. The Morgan fingerprint density at radius 1 is 1.19 bits per heavy atom. The lowest BCUT2D eigenvalue weighted by atomic mass is 10.1. The summed E-state index contributed by atoms with van der Waals surface area (Å²) in [6.07, 6.45) is 3.53. The number of hydrogen-bond acceptors (Lipinski definition) is 3. The molecule has 0 bridgehead atoms. The van der Waals surface area contributed by atoms with Crippen molar-refractivity contribution in [1.82, 2.24) is 5.32 Å². The van der Waals surface area contributed by atoms with Crippen molar-refractivity contribution in [3.05, 3.63) is 53.5 Å². The van der Waals surface area contributed by atoms with E-state index >= 15 is 0 Å². The summed E-state index contributed by atoms with van der Waals surface area (Å²) < 4.78 is 5.05. The van der Waals surface area contributed by atoms with Gasteiger partial charge < -0.3 is 15.1 Å². The molecule has 1 heterocycles. The zero-order valence-electron chi connectivity index (χ0n) is 11.7. The van der Waals surface area contributed by atoms with E-state index in [2.05, 4.69) is 10.6 Å². The molecule has 0 atom stereocenters. The molecule has 3 rings (SSSR count). The van der Waals surface area contributed by atoms with E-state index in [1.54, 1.807) is 24.3 Å². The van der Waals surface area contributed by atoms with Gasteiger partial charge in [-0.2, -0.15) is 0 Å². The SMILES string of the molecule is Cc1ccc(C(=O)NC2CC2)cc1NC(=O)c1ccco1. The van der Waals surface area contributed by atoms with Crippen molar-refractivity contribution >= 4 is 17.5 Å². The third-order valence-electron chi connectivity index (χ3n) is 3.41. The highest BCUT2D eigenvalue weighted by atomic mass is 16.3. The molecule has 1 aromatic carbocycles. The molecule has 1 fully saturated rings. The highest BCUT2D eigenvalue weighted by Crippen LogP contribution is 2.21. The van der Waals surface area contributed by atoms with Crippen LogP contribution in [0.1, 0.15) is 39.3 Å². The number of nitrogens with one attached hydrogen (secondary N) is 2. The summed E-state index contributed by atoms with van der Waals surface area (Å²) >= 11 is 0. The number of carbonyl (C=O) groups excluding carboxylic acids is 2. The lowest BCUT2D eigenvalue weighted by molar-refractivity contribution is 0.0949. The maximum atomic E-state index is 12.0. The Morgan fingerprint density at radius 3 is 2.67 bits per heavy atom. The standard InChI is InChI=1S/C16H16N2O3/c1-10-4-5-11(15(19)17-12-6-7-12)9-13(10)18-16(20)14-3-2-8-21-14/h2-5,8-9,12H,6-7H2,1H3,(H,17,19)(H,18,20). The van der Waals surface area contributed by atoms with Crippen molar-refractivity contribution in [2.75, 3.05) is 5.32 Å². The summed E-state index contributed by atoms with van der Waals surface area (Å²) in [5.41, 5.74) is 2.04. The maximum Gasteiger partial charge on any atom is 0.291 e. The van der Waals surface area contributed by atoms with Crippen molar-refractivity contribution < 1.29 is 14.0 Å². The van der Waals surface area contributed by atoms with E-state index in [0.29, 0.717) is 17.3 Å². The van der Waals surface area contributed by atoms with Crippen LogP contribution in [0.3, 0.4) is 0 Å². The first-order valence-electron chi connectivity index (χ1n) is 6.90. The number of hydrogen-bond donors (Lipinski definition) is 2. The van der Waals surface area contributed by atoms with Crippen molar-refractivity contribution in [1.29, 1.82) is 0 Å². The Morgan fingerprint density at radius 2 is 2.00 bits per heavy atom. The van der Waals surface area contributed by atoms with E-state index in [9.17, 15) is 9.59 Å². The van der Waals surface area contributed by atoms with Crippen molar-refractivity contribution in [2.24, 2.45) is 0 Å². The largest absolute Gasteiger partial charge is 0.459 e. The molecule has 2 aromatic rings. The molecule has 0 saturated heterocycles. The third kappa shape index (κ3) is 3.13. The predicted molar refractivity (Wildman–Crippen MR) is 78.3 cm³/mol. The van der Waals surface area contributed by atoms with Crippen LogP contribution in [-0.4, -0.2) is 17.9 Å². The monoisotopic (exact) mass is 284 g/mol. The van der Waals surface area contributed by atoms with E-state index in [1.807, 2.05) is 13.0 Å². The van der Waals surface area contributed by atoms with Gasteiger partial charge in [-0.1, -0.05) is 6.07 Å². The van der Waals surface area contributed by atoms with Crippen LogP contribution in [0.25, 0.3) is 0 Å². The van der Waals surface area contributed by atoms with Crippen LogP contribution in [0.5, 0.6) is 0 Å². The Hall–Kier alpha value is -2.56. The number of furan rings is 1. The van der Waals surface area contributed by atoms with Gasteiger partial charge >= 0.3 is 0 Å². The molecule has 1 aliphatic rings. The fourth-order valence-electron chi connectivity index (χ4n) is 1.99. The Labute approximate surface area is 122 Å². The summed E-state index contributed by atoms with van der Waals surface area (Å²) in [4.78, 5) is 24.0. The van der Waals surface area contributed by atoms with Gasteiger partial charge in [-0.15, -0.1) is 0 Å². The molecule has 1 aliphatic carbocycles. The quantitative estimate of drug-likeness (QED) is 0.906. The van der Waals surface area contributed by atoms with E-state index in [1.165, 1.54) is 6.26 Å². The third-order valence-corrected chi connectivity index (χ3v) is 3.41. The van der Waals surface area contributed by atoms with Gasteiger partial charge in [0.2, 0.25) is 0 Å². The molecule has 2 N–H and O–H groups in total. The summed E-state index contributed by atoms with van der Waals surface area (Å²) in [6.45, 7) is 1.88. The highest BCUT2D eigenvalue weighted by molar-refractivity contribution is 6.04. The Kier molecular flexibility index (Phi) is 3.48. The molecule has 0 aliphatic heterocycles. The fourth-order valence-corrected chi connectivity index (χ4v) is 1.99. The van der Waals surface area contributed by atoms with Crippen molar-refractivity contribution in [3.63, 3.8) is 0 Å². The first-order chi connectivity index (χ1) is 10.1. The minimum Gasteiger partial charge on any atom is -0.459 e. The summed E-state index contributed by atoms with van der Waals surface area (Å²) in [7, 11) is 0. The van der Waals surface area contributed by atoms with Gasteiger partial charge in [0.15, 0.2) is 5.76 Å². The van der Waals surface area contributed by atoms with Crippen LogP contribution in [0.15, 0.2) is 41.0 Å². The molecule has 1 saturated carbocycles. The first kappa shape index (κ1) is 13.4. The average Bonchev–Trinajstić information content (AvgIpc) is 3.10. The van der Waals surface area contributed by atoms with Crippen LogP contribution in [-0.2, 0) is 0 Å². The van der Waals surface area contributed by atoms with Crippen LogP contribution >= 0.6 is 0 Å². The molecule has 1 aromatic heterocycles. The fraction of sp³-hybridized carbons (Fsp3) is 0.250. The van der Waals surface area contributed by atoms with E-state index in [0.717, 1.165) is 18.4 Å². The summed E-state index contributed by atoms with van der Waals surface area (Å²) in [5.74, 6) is -0.198.